The second kappa shape index (κ2) is 9.79. The van der Waals surface area contributed by atoms with Crippen LogP contribution in [0.15, 0.2) is 72.8 Å². The summed E-state index contributed by atoms with van der Waals surface area (Å²) in [5, 5.41) is 6.58. The average molecular weight is 506 g/mol. The van der Waals surface area contributed by atoms with E-state index in [0.29, 0.717) is 17.8 Å². The Kier molecular flexibility index (Phi) is 6.81. The van der Waals surface area contributed by atoms with E-state index in [4.69, 9.17) is 27.9 Å². The molecule has 0 aliphatic carbocycles. The zero-order chi connectivity index (χ0) is 24.3. The van der Waals surface area contributed by atoms with E-state index in [1.165, 1.54) is 12.1 Å². The number of carbonyl (C=O) groups excluding carboxylic acids is 1. The van der Waals surface area contributed by atoms with Crippen LogP contribution in [-0.2, 0) is 17.6 Å². The Balaban J connectivity index is 1.58. The van der Waals surface area contributed by atoms with Gasteiger partial charge in [-0.15, -0.1) is 0 Å². The quantitative estimate of drug-likeness (QED) is 0.275. The molecule has 0 atom stereocenters. The maximum Gasteiger partial charge on any atom is 0.435 e. The minimum absolute atomic E-state index is 0.124. The smallest absolute Gasteiger partial charge is 0.435 e. The lowest BCUT2D eigenvalue weighted by molar-refractivity contribution is -0.141. The van der Waals surface area contributed by atoms with E-state index >= 15 is 0 Å². The lowest BCUT2D eigenvalue weighted by Crippen LogP contribution is -2.09. The van der Waals surface area contributed by atoms with Crippen LogP contribution < -0.4 is 10.1 Å². The Bertz CT molecular complexity index is 1300. The van der Waals surface area contributed by atoms with Gasteiger partial charge in [0, 0.05) is 5.69 Å². The summed E-state index contributed by atoms with van der Waals surface area (Å²) in [6.07, 6.45) is -4.05. The Morgan fingerprint density at radius 1 is 0.941 bits per heavy atom. The lowest BCUT2D eigenvalue weighted by Gasteiger charge is -2.12. The molecule has 1 aromatic heterocycles. The summed E-state index contributed by atoms with van der Waals surface area (Å²) in [5.41, 5.74) is 1.58. The summed E-state index contributed by atoms with van der Waals surface area (Å²) in [7, 11) is 0. The molecule has 174 valence electrons. The van der Waals surface area contributed by atoms with E-state index < -0.39 is 11.9 Å². The number of benzene rings is 3. The average Bonchev–Trinajstić information content (AvgIpc) is 3.23. The van der Waals surface area contributed by atoms with Gasteiger partial charge in [0.1, 0.15) is 18.0 Å². The molecule has 5 nitrogen and oxygen atoms in total. The van der Waals surface area contributed by atoms with Crippen molar-refractivity contribution in [1.82, 2.24) is 9.78 Å². The van der Waals surface area contributed by atoms with Gasteiger partial charge in [-0.1, -0.05) is 53.5 Å². The zero-order valence-electron chi connectivity index (χ0n) is 17.3. The minimum Gasteiger partial charge on any atom is -0.487 e. The molecule has 4 rings (SSSR count). The second-order valence-electron chi connectivity index (χ2n) is 7.16. The van der Waals surface area contributed by atoms with Gasteiger partial charge in [-0.3, -0.25) is 4.79 Å². The topological polar surface area (TPSA) is 56.1 Å². The van der Waals surface area contributed by atoms with Crippen molar-refractivity contribution in [2.75, 3.05) is 5.32 Å². The fraction of sp³-hybridized carbons (Fsp3) is 0.0833. The second-order valence-corrected chi connectivity index (χ2v) is 7.97. The SMILES string of the molecule is O=CNc1cccc(-c2ccc(OCc3cc(C(F)(F)F)nn3-c3c(Cl)cccc3Cl)cc2)c1. The van der Waals surface area contributed by atoms with Crippen molar-refractivity contribution >= 4 is 35.3 Å². The molecule has 4 aromatic rings. The van der Waals surface area contributed by atoms with Crippen LogP contribution in [0.3, 0.4) is 0 Å². The van der Waals surface area contributed by atoms with Crippen molar-refractivity contribution < 1.29 is 22.7 Å². The van der Waals surface area contributed by atoms with Crippen molar-refractivity contribution in [3.63, 3.8) is 0 Å². The summed E-state index contributed by atoms with van der Waals surface area (Å²) in [5.74, 6) is 0.442. The summed E-state index contributed by atoms with van der Waals surface area (Å²) in [4.78, 5) is 10.7. The van der Waals surface area contributed by atoms with E-state index in [2.05, 4.69) is 10.4 Å². The third-order valence-corrected chi connectivity index (χ3v) is 5.50. The number of para-hydroxylation sites is 1. The van der Waals surface area contributed by atoms with Gasteiger partial charge in [-0.25, -0.2) is 4.68 Å². The summed E-state index contributed by atoms with van der Waals surface area (Å²) in [6.45, 7) is -0.206. The first-order valence-corrected chi connectivity index (χ1v) is 10.7. The molecule has 0 radical (unpaired) electrons. The van der Waals surface area contributed by atoms with Gasteiger partial charge in [0.25, 0.3) is 0 Å². The molecule has 0 fully saturated rings. The number of hydrogen-bond acceptors (Lipinski definition) is 3. The predicted octanol–water partition coefficient (Wildman–Crippen LogP) is 7.01. The third kappa shape index (κ3) is 5.18. The van der Waals surface area contributed by atoms with Crippen molar-refractivity contribution in [1.29, 1.82) is 0 Å². The van der Waals surface area contributed by atoms with Gasteiger partial charge >= 0.3 is 6.18 Å². The number of nitrogens with one attached hydrogen (secondary N) is 1. The predicted molar refractivity (Wildman–Crippen MR) is 124 cm³/mol. The molecule has 0 bridgehead atoms. The Hall–Kier alpha value is -3.49. The normalized spacial score (nSPS) is 11.3. The number of alkyl halides is 3. The number of carbonyl (C=O) groups is 1. The standard InChI is InChI=1S/C24H16Cl2F3N3O2/c25-20-5-2-6-21(26)23(20)32-18(12-22(31-32)24(27,28)29)13-34-19-9-7-15(8-10-19)16-3-1-4-17(11-16)30-14-33/h1-12,14H,13H2,(H,30,33). The molecule has 10 heteroatoms. The maximum absolute atomic E-state index is 13.3. The molecule has 1 amide bonds. The number of aromatic nitrogens is 2. The molecule has 3 aromatic carbocycles. The summed E-state index contributed by atoms with van der Waals surface area (Å²) in [6, 6.07) is 19.8. The highest BCUT2D eigenvalue weighted by molar-refractivity contribution is 6.37. The van der Waals surface area contributed by atoms with E-state index in [0.717, 1.165) is 21.9 Å². The van der Waals surface area contributed by atoms with Crippen LogP contribution in [0.5, 0.6) is 5.75 Å². The Labute approximate surface area is 202 Å². The van der Waals surface area contributed by atoms with E-state index in [1.54, 1.807) is 36.4 Å². The van der Waals surface area contributed by atoms with Crippen LogP contribution in [0.4, 0.5) is 18.9 Å². The van der Waals surface area contributed by atoms with Crippen LogP contribution in [0.2, 0.25) is 10.0 Å². The maximum atomic E-state index is 13.3. The van der Waals surface area contributed by atoms with Gasteiger partial charge in [-0.05, 0) is 53.6 Å². The lowest BCUT2D eigenvalue weighted by atomic mass is 10.1. The molecule has 1 N–H and O–H groups in total. The molecule has 0 spiro atoms. The molecule has 0 aliphatic rings. The highest BCUT2D eigenvalue weighted by Gasteiger charge is 2.35. The molecule has 0 aliphatic heterocycles. The van der Waals surface area contributed by atoms with Gasteiger partial charge in [0.05, 0.1) is 15.7 Å². The zero-order valence-corrected chi connectivity index (χ0v) is 18.8. The Morgan fingerprint density at radius 2 is 1.62 bits per heavy atom. The number of ether oxygens (including phenoxy) is 1. The molecule has 34 heavy (non-hydrogen) atoms. The molecular weight excluding hydrogens is 490 g/mol. The van der Waals surface area contributed by atoms with Crippen LogP contribution >= 0.6 is 23.2 Å². The fourth-order valence-corrected chi connectivity index (χ4v) is 3.86. The van der Waals surface area contributed by atoms with Crippen LogP contribution in [0.1, 0.15) is 11.4 Å². The van der Waals surface area contributed by atoms with Crippen molar-refractivity contribution in [3.05, 3.63) is 94.2 Å². The molecule has 1 heterocycles. The van der Waals surface area contributed by atoms with Gasteiger partial charge in [0.15, 0.2) is 5.69 Å². The number of amides is 1. The summed E-state index contributed by atoms with van der Waals surface area (Å²) >= 11 is 12.4. The summed E-state index contributed by atoms with van der Waals surface area (Å²) < 4.78 is 46.8. The van der Waals surface area contributed by atoms with Gasteiger partial charge in [-0.2, -0.15) is 18.3 Å². The first kappa shape index (κ1) is 23.7. The largest absolute Gasteiger partial charge is 0.487 e. The first-order valence-electron chi connectivity index (χ1n) is 9.90. The minimum atomic E-state index is -4.65. The van der Waals surface area contributed by atoms with Crippen LogP contribution in [-0.4, -0.2) is 16.2 Å². The number of hydrogen-bond donors (Lipinski definition) is 1. The monoisotopic (exact) mass is 505 g/mol. The van der Waals surface area contributed by atoms with Gasteiger partial charge in [0.2, 0.25) is 6.41 Å². The fourth-order valence-electron chi connectivity index (χ4n) is 3.30. The third-order valence-electron chi connectivity index (χ3n) is 4.89. The molecule has 0 saturated carbocycles. The van der Waals surface area contributed by atoms with Crippen molar-refractivity contribution in [3.8, 4) is 22.6 Å². The molecule has 0 unspecified atom stereocenters. The highest BCUT2D eigenvalue weighted by atomic mass is 35.5. The Morgan fingerprint density at radius 3 is 2.26 bits per heavy atom. The highest BCUT2D eigenvalue weighted by Crippen LogP contribution is 2.34. The van der Waals surface area contributed by atoms with Crippen LogP contribution in [0.25, 0.3) is 16.8 Å². The number of nitrogens with zero attached hydrogens (tertiary/aromatic N) is 2. The van der Waals surface area contributed by atoms with Crippen molar-refractivity contribution in [2.24, 2.45) is 0 Å². The van der Waals surface area contributed by atoms with Gasteiger partial charge < -0.3 is 10.1 Å². The van der Waals surface area contributed by atoms with Crippen LogP contribution in [0, 0.1) is 0 Å². The van der Waals surface area contributed by atoms with Crippen molar-refractivity contribution in [2.45, 2.75) is 12.8 Å². The molecule has 0 saturated heterocycles. The first-order chi connectivity index (χ1) is 16.3. The van der Waals surface area contributed by atoms with E-state index in [1.807, 2.05) is 18.2 Å². The number of rotatable bonds is 7. The molecular formula is C24H16Cl2F3N3O2. The number of halogens is 5. The number of anilines is 1. The van der Waals surface area contributed by atoms with E-state index in [9.17, 15) is 18.0 Å². The van der Waals surface area contributed by atoms with E-state index in [-0.39, 0.29) is 28.0 Å².